The molecule has 186 valence electrons. The molecule has 0 saturated carbocycles. The number of ether oxygens (including phenoxy) is 2. The molecule has 8 nitrogen and oxygen atoms in total. The summed E-state index contributed by atoms with van der Waals surface area (Å²) < 4.78 is 11.4. The van der Waals surface area contributed by atoms with Crippen LogP contribution in [0.25, 0.3) is 0 Å². The zero-order valence-corrected chi connectivity index (χ0v) is 21.5. The Bertz CT molecular complexity index is 962. The topological polar surface area (TPSA) is 88.2 Å². The molecule has 10 heteroatoms. The molecule has 3 aliphatic rings. The number of esters is 2. The molecule has 0 bridgehead atoms. The number of urea groups is 1. The van der Waals surface area contributed by atoms with Gasteiger partial charge in [0.15, 0.2) is 0 Å². The lowest BCUT2D eigenvalue weighted by Crippen LogP contribution is -2.44. The maximum Gasteiger partial charge on any atom is 0.320 e. The summed E-state index contributed by atoms with van der Waals surface area (Å²) in [5, 5.41) is 3.85. The Hall–Kier alpha value is -1.97. The van der Waals surface area contributed by atoms with Crippen LogP contribution in [-0.4, -0.2) is 71.8 Å². The van der Waals surface area contributed by atoms with E-state index in [4.69, 9.17) is 21.1 Å². The van der Waals surface area contributed by atoms with E-state index >= 15 is 0 Å². The molecule has 4 rings (SSSR count). The van der Waals surface area contributed by atoms with Crippen LogP contribution in [-0.2, 0) is 31.3 Å². The number of thioether (sulfide) groups is 1. The molecule has 2 saturated heterocycles. The molecule has 34 heavy (non-hydrogen) atoms. The normalized spacial score (nSPS) is 20.6. The Labute approximate surface area is 209 Å². The minimum absolute atomic E-state index is 0.00692. The molecule has 3 heterocycles. The van der Waals surface area contributed by atoms with Crippen molar-refractivity contribution in [2.24, 2.45) is 0 Å². The zero-order valence-electron chi connectivity index (χ0n) is 19.9. The Balaban J connectivity index is 1.48. The van der Waals surface area contributed by atoms with Gasteiger partial charge in [-0.1, -0.05) is 11.6 Å². The Morgan fingerprint density at radius 1 is 1.09 bits per heavy atom. The summed E-state index contributed by atoms with van der Waals surface area (Å²) >= 11 is 8.23. The first-order valence-corrected chi connectivity index (χ1v) is 13.1. The Kier molecular flexibility index (Phi) is 7.36. The third kappa shape index (κ3) is 5.16. The van der Waals surface area contributed by atoms with Gasteiger partial charge >= 0.3 is 18.0 Å². The maximum absolute atomic E-state index is 12.7. The fourth-order valence-electron chi connectivity index (χ4n) is 4.64. The third-order valence-corrected chi connectivity index (χ3v) is 8.02. The fourth-order valence-corrected chi connectivity index (χ4v) is 6.05. The van der Waals surface area contributed by atoms with Gasteiger partial charge in [0.1, 0.15) is 0 Å². The van der Waals surface area contributed by atoms with Gasteiger partial charge in [-0.25, -0.2) is 4.79 Å². The van der Waals surface area contributed by atoms with Gasteiger partial charge in [-0.05, 0) is 63.6 Å². The molecule has 2 amide bonds. The molecule has 0 aliphatic carbocycles. The largest absolute Gasteiger partial charge is 0.416 e. The first-order valence-electron chi connectivity index (χ1n) is 11.8. The minimum Gasteiger partial charge on any atom is -0.416 e. The first-order chi connectivity index (χ1) is 16.1. The number of carbonyl (C=O) groups is 3. The molecule has 1 aromatic rings. The second-order valence-corrected chi connectivity index (χ2v) is 11.3. The van der Waals surface area contributed by atoms with E-state index in [2.05, 4.69) is 26.1 Å². The predicted molar refractivity (Wildman–Crippen MR) is 130 cm³/mol. The van der Waals surface area contributed by atoms with E-state index in [0.29, 0.717) is 30.1 Å². The summed E-state index contributed by atoms with van der Waals surface area (Å²) in [6.45, 7) is 9.18. The molecule has 0 unspecified atom stereocenters. The predicted octanol–water partition coefficient (Wildman–Crippen LogP) is 3.54. The fraction of sp³-hybridized carbons (Fsp3) is 0.625. The zero-order chi connectivity index (χ0) is 24.5. The van der Waals surface area contributed by atoms with Crippen molar-refractivity contribution in [2.45, 2.75) is 62.7 Å². The monoisotopic (exact) mass is 509 g/mol. The van der Waals surface area contributed by atoms with Gasteiger partial charge in [-0.3, -0.25) is 9.59 Å². The van der Waals surface area contributed by atoms with Crippen LogP contribution < -0.4 is 5.32 Å². The highest BCUT2D eigenvalue weighted by Gasteiger charge is 2.46. The standard InChI is InChI=1S/C24H32ClN3O5S/c1-23(2,3)28-13-12-27(22(28)31)11-4-14-34-21-16-9-10-26-15-24(17(16)5-6-18(21)25)32-19(29)7-8-20(30)33-24/h5-6,26H,4,7-15H2,1-3H3. The summed E-state index contributed by atoms with van der Waals surface area (Å²) in [7, 11) is 0. The molecule has 0 aromatic heterocycles. The number of hydrogen-bond acceptors (Lipinski definition) is 7. The minimum atomic E-state index is -1.48. The van der Waals surface area contributed by atoms with Crippen LogP contribution in [0.2, 0.25) is 5.02 Å². The average molecular weight is 510 g/mol. The number of benzene rings is 1. The van der Waals surface area contributed by atoms with E-state index in [1.807, 2.05) is 9.80 Å². The Morgan fingerprint density at radius 2 is 1.79 bits per heavy atom. The number of nitrogens with one attached hydrogen (secondary N) is 1. The molecule has 2 fully saturated rings. The number of fused-ring (bicyclic) bond motifs is 2. The smallest absolute Gasteiger partial charge is 0.320 e. The van der Waals surface area contributed by atoms with Crippen molar-refractivity contribution in [3.63, 3.8) is 0 Å². The number of nitrogens with zero attached hydrogens (tertiary/aromatic N) is 2. The first kappa shape index (κ1) is 25.1. The molecule has 1 N–H and O–H groups in total. The van der Waals surface area contributed by atoms with Gasteiger partial charge in [0.05, 0.1) is 24.4 Å². The van der Waals surface area contributed by atoms with Gasteiger partial charge in [0, 0.05) is 35.6 Å². The van der Waals surface area contributed by atoms with E-state index in [9.17, 15) is 14.4 Å². The van der Waals surface area contributed by atoms with Crippen LogP contribution >= 0.6 is 23.4 Å². The molecular weight excluding hydrogens is 478 g/mol. The number of rotatable bonds is 5. The van der Waals surface area contributed by atoms with Gasteiger partial charge in [-0.15, -0.1) is 11.8 Å². The van der Waals surface area contributed by atoms with Gasteiger partial charge in [0.2, 0.25) is 0 Å². The molecular formula is C24H32ClN3O5S. The lowest BCUT2D eigenvalue weighted by atomic mass is 9.98. The number of carbonyl (C=O) groups excluding carboxylic acids is 3. The van der Waals surface area contributed by atoms with Crippen LogP contribution in [0.4, 0.5) is 4.79 Å². The van der Waals surface area contributed by atoms with Gasteiger partial charge < -0.3 is 24.6 Å². The van der Waals surface area contributed by atoms with E-state index in [1.54, 1.807) is 23.9 Å². The summed E-state index contributed by atoms with van der Waals surface area (Å²) in [4.78, 5) is 42.0. The molecule has 1 aromatic carbocycles. The summed E-state index contributed by atoms with van der Waals surface area (Å²) in [5.74, 6) is -1.61. The van der Waals surface area contributed by atoms with Crippen molar-refractivity contribution in [3.8, 4) is 0 Å². The number of amides is 2. The maximum atomic E-state index is 12.7. The van der Waals surface area contributed by atoms with Crippen LogP contribution in [0, 0.1) is 0 Å². The summed E-state index contributed by atoms with van der Waals surface area (Å²) in [5.41, 5.74) is 1.43. The average Bonchev–Trinajstić information content (AvgIpc) is 2.95. The van der Waals surface area contributed by atoms with Gasteiger partial charge in [0.25, 0.3) is 5.79 Å². The van der Waals surface area contributed by atoms with E-state index < -0.39 is 17.7 Å². The van der Waals surface area contributed by atoms with Crippen molar-refractivity contribution in [1.29, 1.82) is 0 Å². The highest BCUT2D eigenvalue weighted by molar-refractivity contribution is 7.99. The highest BCUT2D eigenvalue weighted by atomic mass is 35.5. The van der Waals surface area contributed by atoms with E-state index in [-0.39, 0.29) is 31.0 Å². The van der Waals surface area contributed by atoms with Crippen molar-refractivity contribution < 1.29 is 23.9 Å². The second kappa shape index (κ2) is 9.95. The van der Waals surface area contributed by atoms with Crippen molar-refractivity contribution >= 4 is 41.3 Å². The summed E-state index contributed by atoms with van der Waals surface area (Å²) in [6, 6.07) is 3.66. The quantitative estimate of drug-likeness (QED) is 0.369. The van der Waals surface area contributed by atoms with Crippen LogP contribution in [0.15, 0.2) is 17.0 Å². The molecule has 0 radical (unpaired) electrons. The second-order valence-electron chi connectivity index (χ2n) is 9.82. The SMILES string of the molecule is CC(C)(C)N1CCN(CCCSc2c(Cl)ccc3c2CCNCC32OC(=O)CCC(=O)O2)C1=O. The van der Waals surface area contributed by atoms with Gasteiger partial charge in [-0.2, -0.15) is 0 Å². The number of hydrogen-bond donors (Lipinski definition) is 1. The van der Waals surface area contributed by atoms with Crippen molar-refractivity contribution in [2.75, 3.05) is 38.5 Å². The highest BCUT2D eigenvalue weighted by Crippen LogP contribution is 2.41. The lowest BCUT2D eigenvalue weighted by Gasteiger charge is -2.32. The van der Waals surface area contributed by atoms with E-state index in [1.165, 1.54) is 0 Å². The third-order valence-electron chi connectivity index (χ3n) is 6.35. The lowest BCUT2D eigenvalue weighted by molar-refractivity contribution is -0.225. The van der Waals surface area contributed by atoms with Crippen LogP contribution in [0.5, 0.6) is 0 Å². The number of halogens is 1. The van der Waals surface area contributed by atoms with Crippen LogP contribution in [0.1, 0.15) is 51.2 Å². The van der Waals surface area contributed by atoms with Crippen molar-refractivity contribution in [3.05, 3.63) is 28.3 Å². The van der Waals surface area contributed by atoms with E-state index in [0.717, 1.165) is 35.7 Å². The van der Waals surface area contributed by atoms with Crippen LogP contribution in [0.3, 0.4) is 0 Å². The van der Waals surface area contributed by atoms with Crippen molar-refractivity contribution in [1.82, 2.24) is 15.1 Å². The molecule has 1 spiro atoms. The summed E-state index contributed by atoms with van der Waals surface area (Å²) in [6.07, 6.45) is 1.50. The molecule has 0 atom stereocenters. The Morgan fingerprint density at radius 3 is 2.44 bits per heavy atom. The molecule has 3 aliphatic heterocycles.